The maximum atomic E-state index is 7.00. The number of aliphatic hydroxyl groups is 1. The number of aliphatic hydroxyl groups excluding tert-OH is 1. The summed E-state index contributed by atoms with van der Waals surface area (Å²) in [4.78, 5) is 0. The monoisotopic (exact) mass is 106 g/mol. The van der Waals surface area contributed by atoms with E-state index in [2.05, 4.69) is 12.9 Å². The van der Waals surface area contributed by atoms with E-state index in [-0.39, 0.29) is 29.6 Å². The molecule has 0 aromatic heterocycles. The number of rotatable bonds is 0. The number of hydrogen-bond acceptors (Lipinski definition) is 3. The second-order valence-electron chi connectivity index (χ2n) is 0. The van der Waals surface area contributed by atoms with E-state index < -0.39 is 0 Å². The van der Waals surface area contributed by atoms with Crippen molar-refractivity contribution in [2.45, 2.75) is 0 Å². The summed E-state index contributed by atoms with van der Waals surface area (Å²) in [5.41, 5.74) is 0. The Morgan fingerprint density at radius 2 is 1.20 bits per heavy atom. The summed E-state index contributed by atoms with van der Waals surface area (Å²) >= 11 is 2.53. The third kappa shape index (κ3) is 34.9. The third-order valence-corrected chi connectivity index (χ3v) is 0. The summed E-state index contributed by atoms with van der Waals surface area (Å²) in [5, 5.41) is 7.00. The van der Waals surface area contributed by atoms with E-state index in [9.17, 15) is 0 Å². The minimum atomic E-state index is 0. The SMILES string of the molecule is CO.OS.[NaH]. The third-order valence-electron chi connectivity index (χ3n) is 0. The van der Waals surface area contributed by atoms with Gasteiger partial charge in [0.1, 0.15) is 0 Å². The van der Waals surface area contributed by atoms with E-state index in [4.69, 9.17) is 9.66 Å². The molecule has 0 aromatic rings. The molecule has 2 nitrogen and oxygen atoms in total. The molecule has 0 radical (unpaired) electrons. The quantitative estimate of drug-likeness (QED) is 0.218. The van der Waals surface area contributed by atoms with Crippen molar-refractivity contribution in [3.8, 4) is 0 Å². The zero-order valence-electron chi connectivity index (χ0n) is 2.34. The second kappa shape index (κ2) is 59.6. The van der Waals surface area contributed by atoms with Crippen molar-refractivity contribution < 1.29 is 9.66 Å². The minimum absolute atomic E-state index is 0. The summed E-state index contributed by atoms with van der Waals surface area (Å²) in [6, 6.07) is 0. The van der Waals surface area contributed by atoms with Gasteiger partial charge in [-0.1, -0.05) is 0 Å². The molecule has 0 spiro atoms. The topological polar surface area (TPSA) is 40.5 Å². The molecule has 0 fully saturated rings. The molecule has 0 atom stereocenters. The molecule has 0 saturated heterocycles. The van der Waals surface area contributed by atoms with Crippen molar-refractivity contribution in [2.75, 3.05) is 7.11 Å². The van der Waals surface area contributed by atoms with Gasteiger partial charge in [0.05, 0.1) is 0 Å². The Bertz CT molecular complexity index is 9.61. The van der Waals surface area contributed by atoms with Crippen LogP contribution in [0.25, 0.3) is 0 Å². The summed E-state index contributed by atoms with van der Waals surface area (Å²) in [6.07, 6.45) is 0. The van der Waals surface area contributed by atoms with E-state index in [1.54, 1.807) is 0 Å². The van der Waals surface area contributed by atoms with Crippen LogP contribution >= 0.6 is 12.9 Å². The van der Waals surface area contributed by atoms with Crippen LogP contribution in [0.2, 0.25) is 0 Å². The van der Waals surface area contributed by atoms with Gasteiger partial charge in [-0.05, 0) is 12.9 Å². The van der Waals surface area contributed by atoms with Crippen LogP contribution in [0.4, 0.5) is 0 Å². The predicted octanol–water partition coefficient (Wildman–Crippen LogP) is -0.651. The van der Waals surface area contributed by atoms with Crippen LogP contribution in [-0.4, -0.2) is 46.3 Å². The number of thiol groups is 1. The molecular weight excluding hydrogens is 99.1 g/mol. The standard InChI is InChI=1S/CH4O.Na.H2OS.H/c1-2;;1-2;/h2H,1H3;;1-2H;. The molecule has 0 aromatic carbocycles. The zero-order chi connectivity index (χ0) is 4.00. The van der Waals surface area contributed by atoms with Gasteiger partial charge in [0.15, 0.2) is 0 Å². The van der Waals surface area contributed by atoms with Crippen LogP contribution in [0.15, 0.2) is 0 Å². The molecule has 2 N–H and O–H groups in total. The van der Waals surface area contributed by atoms with Crippen LogP contribution in [0.5, 0.6) is 0 Å². The normalized spacial score (nSPS) is 2.40. The molecule has 0 saturated carbocycles. The molecule has 0 rings (SSSR count). The fourth-order valence-corrected chi connectivity index (χ4v) is 0. The Morgan fingerprint density at radius 1 is 1.20 bits per heavy atom. The summed E-state index contributed by atoms with van der Waals surface area (Å²) in [5.74, 6) is 0. The Morgan fingerprint density at radius 3 is 1.20 bits per heavy atom. The van der Waals surface area contributed by atoms with Crippen molar-refractivity contribution in [2.24, 2.45) is 0 Å². The van der Waals surface area contributed by atoms with Crippen molar-refractivity contribution in [1.29, 1.82) is 0 Å². The average Bonchev–Trinajstić information content (AvgIpc) is 1.50. The van der Waals surface area contributed by atoms with Gasteiger partial charge < -0.3 is 9.66 Å². The first-order chi connectivity index (χ1) is 2.00. The number of hydrogen-bond donors (Lipinski definition) is 3. The van der Waals surface area contributed by atoms with Crippen molar-refractivity contribution >= 4 is 42.5 Å². The predicted molar refractivity (Wildman–Crippen MR) is 26.9 cm³/mol. The molecule has 0 bridgehead atoms. The molecular formula is CH7NaO2S. The summed E-state index contributed by atoms with van der Waals surface area (Å²) in [7, 11) is 1.00. The van der Waals surface area contributed by atoms with Gasteiger partial charge >= 0.3 is 29.6 Å². The van der Waals surface area contributed by atoms with E-state index in [1.807, 2.05) is 0 Å². The molecule has 0 aliphatic carbocycles. The Labute approximate surface area is 59.1 Å². The van der Waals surface area contributed by atoms with Gasteiger partial charge in [-0.2, -0.15) is 0 Å². The van der Waals surface area contributed by atoms with Gasteiger partial charge in [0.2, 0.25) is 0 Å². The Hall–Kier alpha value is 1.27. The molecule has 0 heterocycles. The van der Waals surface area contributed by atoms with Crippen LogP contribution in [-0.2, 0) is 0 Å². The first-order valence-corrected chi connectivity index (χ1v) is 1.05. The van der Waals surface area contributed by atoms with Crippen LogP contribution in [0, 0.1) is 0 Å². The molecule has 0 amide bonds. The molecule has 0 unspecified atom stereocenters. The molecule has 4 heteroatoms. The zero-order valence-corrected chi connectivity index (χ0v) is 3.24. The van der Waals surface area contributed by atoms with Gasteiger partial charge in [-0.3, -0.25) is 0 Å². The first kappa shape index (κ1) is 16.3. The van der Waals surface area contributed by atoms with Crippen LogP contribution in [0.3, 0.4) is 0 Å². The van der Waals surface area contributed by atoms with Crippen molar-refractivity contribution in [3.63, 3.8) is 0 Å². The van der Waals surface area contributed by atoms with E-state index >= 15 is 0 Å². The van der Waals surface area contributed by atoms with Gasteiger partial charge in [0, 0.05) is 7.11 Å². The molecule has 30 valence electrons. The Kier molecular flexibility index (Phi) is 194. The van der Waals surface area contributed by atoms with Crippen LogP contribution < -0.4 is 0 Å². The van der Waals surface area contributed by atoms with Crippen LogP contribution in [0.1, 0.15) is 0 Å². The van der Waals surface area contributed by atoms with Gasteiger partial charge in [-0.25, -0.2) is 0 Å². The van der Waals surface area contributed by atoms with Gasteiger partial charge in [-0.15, -0.1) is 0 Å². The fraction of sp³-hybridized carbons (Fsp3) is 1.00. The van der Waals surface area contributed by atoms with Crippen molar-refractivity contribution in [1.82, 2.24) is 0 Å². The fourth-order valence-electron chi connectivity index (χ4n) is 0. The molecule has 0 aliphatic rings. The van der Waals surface area contributed by atoms with E-state index in [0.717, 1.165) is 7.11 Å². The Balaban J connectivity index is -0.0000000133. The molecule has 0 aliphatic heterocycles. The summed E-state index contributed by atoms with van der Waals surface area (Å²) < 4.78 is 6.69. The van der Waals surface area contributed by atoms with Gasteiger partial charge in [0.25, 0.3) is 0 Å². The summed E-state index contributed by atoms with van der Waals surface area (Å²) in [6.45, 7) is 0. The second-order valence-corrected chi connectivity index (χ2v) is 0. The van der Waals surface area contributed by atoms with E-state index in [0.29, 0.717) is 0 Å². The first-order valence-electron chi connectivity index (χ1n) is 0.647. The molecule has 5 heavy (non-hydrogen) atoms. The average molecular weight is 106 g/mol. The van der Waals surface area contributed by atoms with Crippen molar-refractivity contribution in [3.05, 3.63) is 0 Å². The van der Waals surface area contributed by atoms with E-state index in [1.165, 1.54) is 0 Å². The maximum absolute atomic E-state index is 7.00.